The molecule has 0 spiro atoms. The number of nitrogens with zero attached hydrogens (tertiary/aromatic N) is 3. The molecule has 0 radical (unpaired) electrons. The van der Waals surface area contributed by atoms with E-state index < -0.39 is 0 Å². The van der Waals surface area contributed by atoms with Gasteiger partial charge in [-0.25, -0.2) is 4.85 Å². The molecule has 3 aliphatic rings. The maximum atomic E-state index is 7.99. The van der Waals surface area contributed by atoms with Crippen LogP contribution in [0.25, 0.3) is 16.0 Å². The minimum atomic E-state index is -0.155. The second-order valence-corrected chi connectivity index (χ2v) is 12.4. The van der Waals surface area contributed by atoms with E-state index in [9.17, 15) is 0 Å². The molecule has 0 aromatic heterocycles. The zero-order valence-electron chi connectivity index (χ0n) is 24.6. The molecule has 206 valence electrons. The lowest BCUT2D eigenvalue weighted by Gasteiger charge is -2.49. The summed E-state index contributed by atoms with van der Waals surface area (Å²) in [6, 6.07) is 48.0. The van der Waals surface area contributed by atoms with E-state index in [2.05, 4.69) is 144 Å². The molecule has 0 saturated carbocycles. The lowest BCUT2D eigenvalue weighted by atomic mass is 9.33. The third kappa shape index (κ3) is 3.22. The molecular weight excluding hydrogens is 533 g/mol. The van der Waals surface area contributed by atoms with Crippen LogP contribution in [0.2, 0.25) is 0 Å². The molecule has 9 rings (SSSR count). The maximum Gasteiger partial charge on any atom is 0.252 e. The van der Waals surface area contributed by atoms with Gasteiger partial charge in [0, 0.05) is 33.9 Å². The molecule has 3 heterocycles. The van der Waals surface area contributed by atoms with Gasteiger partial charge < -0.3 is 9.80 Å². The Labute approximate surface area is 258 Å². The molecule has 0 bridgehead atoms. The van der Waals surface area contributed by atoms with Gasteiger partial charge in [-0.3, -0.25) is 0 Å². The molecule has 0 amide bonds. The lowest BCUT2D eigenvalue weighted by molar-refractivity contribution is 0.632. The molecule has 3 aliphatic heterocycles. The van der Waals surface area contributed by atoms with Crippen LogP contribution in [0.5, 0.6) is 0 Å². The van der Waals surface area contributed by atoms with Gasteiger partial charge in [0.2, 0.25) is 0 Å². The predicted molar refractivity (Wildman–Crippen MR) is 184 cm³/mol. The van der Waals surface area contributed by atoms with E-state index in [1.165, 1.54) is 50.3 Å². The minimum Gasteiger partial charge on any atom is -0.311 e. The fourth-order valence-corrected chi connectivity index (χ4v) is 7.92. The minimum absolute atomic E-state index is 0.0774. The van der Waals surface area contributed by atoms with Crippen molar-refractivity contribution in [3.05, 3.63) is 156 Å². The van der Waals surface area contributed by atoms with Gasteiger partial charge in [0.25, 0.3) is 6.71 Å². The average Bonchev–Trinajstić information content (AvgIpc) is 3.07. The summed E-state index contributed by atoms with van der Waals surface area (Å²) in [4.78, 5) is 8.87. The number of rotatable bonds is 2. The fourth-order valence-electron chi connectivity index (χ4n) is 7.92. The van der Waals surface area contributed by atoms with E-state index in [4.69, 9.17) is 6.57 Å². The number of benzene rings is 6. The molecular formula is C40H28BN3. The fraction of sp³-hybridized carbons (Fsp3) is 0.0750. The summed E-state index contributed by atoms with van der Waals surface area (Å²) in [5.41, 5.74) is 16.3. The lowest BCUT2D eigenvalue weighted by Crippen LogP contribution is -2.62. The van der Waals surface area contributed by atoms with Gasteiger partial charge in [-0.15, -0.1) is 0 Å². The Morgan fingerprint density at radius 3 is 2.05 bits per heavy atom. The molecule has 0 aliphatic carbocycles. The Kier molecular flexibility index (Phi) is 5.11. The van der Waals surface area contributed by atoms with Crippen LogP contribution in [0.1, 0.15) is 25.0 Å². The first-order valence-corrected chi connectivity index (χ1v) is 15.2. The van der Waals surface area contributed by atoms with Crippen LogP contribution in [-0.2, 0) is 5.41 Å². The highest BCUT2D eigenvalue weighted by atomic mass is 15.2. The maximum absolute atomic E-state index is 7.99. The first-order chi connectivity index (χ1) is 21.6. The smallest absolute Gasteiger partial charge is 0.252 e. The van der Waals surface area contributed by atoms with Crippen molar-refractivity contribution in [1.29, 1.82) is 0 Å². The van der Waals surface area contributed by atoms with Crippen molar-refractivity contribution in [3.8, 4) is 11.1 Å². The highest BCUT2D eigenvalue weighted by Gasteiger charge is 2.48. The van der Waals surface area contributed by atoms with Gasteiger partial charge in [-0.2, -0.15) is 0 Å². The molecule has 0 atom stereocenters. The first kappa shape index (κ1) is 25.0. The quantitative estimate of drug-likeness (QED) is 0.155. The summed E-state index contributed by atoms with van der Waals surface area (Å²) in [7, 11) is 0. The summed E-state index contributed by atoms with van der Waals surface area (Å²) in [6.07, 6.45) is 0. The molecule has 4 heteroatoms. The monoisotopic (exact) mass is 561 g/mol. The van der Waals surface area contributed by atoms with Crippen molar-refractivity contribution < 1.29 is 0 Å². The Balaban J connectivity index is 1.46. The molecule has 0 N–H and O–H groups in total. The van der Waals surface area contributed by atoms with E-state index in [0.29, 0.717) is 5.69 Å². The van der Waals surface area contributed by atoms with Gasteiger partial charge in [0.05, 0.1) is 12.3 Å². The molecule has 0 fully saturated rings. The molecule has 6 aromatic carbocycles. The van der Waals surface area contributed by atoms with Gasteiger partial charge >= 0.3 is 0 Å². The summed E-state index contributed by atoms with van der Waals surface area (Å²) >= 11 is 0. The van der Waals surface area contributed by atoms with Crippen molar-refractivity contribution in [3.63, 3.8) is 0 Å². The number of fused-ring (bicyclic) bond motifs is 6. The highest BCUT2D eigenvalue weighted by molar-refractivity contribution is 7.00. The Morgan fingerprint density at radius 2 is 1.23 bits per heavy atom. The normalized spacial score (nSPS) is 14.6. The summed E-state index contributed by atoms with van der Waals surface area (Å²) < 4.78 is 0. The van der Waals surface area contributed by atoms with E-state index in [1.807, 2.05) is 18.2 Å². The zero-order valence-corrected chi connectivity index (χ0v) is 24.6. The zero-order chi connectivity index (χ0) is 29.6. The van der Waals surface area contributed by atoms with E-state index in [0.717, 1.165) is 22.5 Å². The number of para-hydroxylation sites is 5. The predicted octanol–water partition coefficient (Wildman–Crippen LogP) is 8.63. The molecule has 0 saturated heterocycles. The average molecular weight is 561 g/mol. The Morgan fingerprint density at radius 1 is 0.591 bits per heavy atom. The van der Waals surface area contributed by atoms with Crippen LogP contribution in [0.3, 0.4) is 0 Å². The first-order valence-electron chi connectivity index (χ1n) is 15.2. The Hall–Kier alpha value is -5.53. The Bertz CT molecular complexity index is 2190. The number of hydrogen-bond acceptors (Lipinski definition) is 2. The van der Waals surface area contributed by atoms with Crippen molar-refractivity contribution in [1.82, 2.24) is 0 Å². The van der Waals surface area contributed by atoms with Crippen molar-refractivity contribution in [2.75, 3.05) is 9.80 Å². The largest absolute Gasteiger partial charge is 0.311 e. The van der Waals surface area contributed by atoms with Crippen LogP contribution < -0.4 is 26.2 Å². The van der Waals surface area contributed by atoms with E-state index in [1.54, 1.807) is 0 Å². The molecule has 3 nitrogen and oxygen atoms in total. The van der Waals surface area contributed by atoms with Crippen LogP contribution >= 0.6 is 0 Å². The summed E-state index contributed by atoms with van der Waals surface area (Å²) in [5.74, 6) is 0. The molecule has 44 heavy (non-hydrogen) atoms. The molecule has 6 aromatic rings. The van der Waals surface area contributed by atoms with Crippen LogP contribution in [0.15, 0.2) is 133 Å². The van der Waals surface area contributed by atoms with Crippen molar-refractivity contribution >= 4 is 62.9 Å². The van der Waals surface area contributed by atoms with Gasteiger partial charge in [-0.1, -0.05) is 111 Å². The second kappa shape index (κ2) is 8.99. The number of hydrogen-bond donors (Lipinski definition) is 0. The molecule has 0 unspecified atom stereocenters. The van der Waals surface area contributed by atoms with E-state index >= 15 is 0 Å². The third-order valence-electron chi connectivity index (χ3n) is 9.84. The van der Waals surface area contributed by atoms with Gasteiger partial charge in [0.15, 0.2) is 5.69 Å². The SMILES string of the molecule is [C-]#[N+]c1ccccc1-c1cc2c3c(c1)N1c4ccccc4C(C)(C)c4cccc(c41)B3c1ccccc1N2c1ccccc1. The van der Waals surface area contributed by atoms with E-state index in [-0.39, 0.29) is 12.1 Å². The van der Waals surface area contributed by atoms with Crippen LogP contribution in [-0.4, -0.2) is 6.71 Å². The summed E-state index contributed by atoms with van der Waals surface area (Å²) in [5, 5.41) is 0. The van der Waals surface area contributed by atoms with Crippen LogP contribution in [0, 0.1) is 6.57 Å². The van der Waals surface area contributed by atoms with Gasteiger partial charge in [-0.05, 0) is 75.0 Å². The topological polar surface area (TPSA) is 10.8 Å². The second-order valence-electron chi connectivity index (χ2n) is 12.4. The third-order valence-corrected chi connectivity index (χ3v) is 9.84. The standard InChI is InChI=1S/C40H28BN3/c1-40(2)29-17-8-11-22-34(29)44-37-25-26(28-16-7-10-21-33(28)42-3)24-36-38(37)41(32-20-13-18-30(40)39(32)44)31-19-9-12-23-35(31)43(36)27-14-5-4-6-15-27/h4-25H,1-2H3. The van der Waals surface area contributed by atoms with Gasteiger partial charge in [0.1, 0.15) is 0 Å². The summed E-state index contributed by atoms with van der Waals surface area (Å²) in [6.45, 7) is 12.8. The number of anilines is 6. The van der Waals surface area contributed by atoms with Crippen LogP contribution in [0.4, 0.5) is 39.8 Å². The van der Waals surface area contributed by atoms with Crippen molar-refractivity contribution in [2.24, 2.45) is 0 Å². The highest BCUT2D eigenvalue weighted by Crippen LogP contribution is 2.54. The van der Waals surface area contributed by atoms with Crippen molar-refractivity contribution in [2.45, 2.75) is 19.3 Å².